The minimum atomic E-state index is -3.75. The highest BCUT2D eigenvalue weighted by Crippen LogP contribution is 2.23. The van der Waals surface area contributed by atoms with Crippen LogP contribution in [0.4, 0.5) is 5.69 Å². The van der Waals surface area contributed by atoms with Crippen LogP contribution in [0.2, 0.25) is 10.0 Å². The van der Waals surface area contributed by atoms with Crippen molar-refractivity contribution in [1.82, 2.24) is 5.32 Å². The lowest BCUT2D eigenvalue weighted by Crippen LogP contribution is -2.23. The standard InChI is InChI=1S/C21H18Cl2N2O3S/c1-14-7-8-15(21(26)24-13-16-9-10-17(22)12-19(16)23)11-20(14)25-29(27,28)18-5-3-2-4-6-18/h2-12,25H,13H2,1H3,(H,24,26). The molecule has 5 nitrogen and oxygen atoms in total. The normalized spacial score (nSPS) is 11.1. The molecule has 1 amide bonds. The molecule has 0 aromatic heterocycles. The summed E-state index contributed by atoms with van der Waals surface area (Å²) in [6, 6.07) is 17.9. The molecule has 0 unspecified atom stereocenters. The third-order valence-corrected chi connectivity index (χ3v) is 6.22. The van der Waals surface area contributed by atoms with Crippen LogP contribution in [0.1, 0.15) is 21.5 Å². The maximum atomic E-state index is 12.6. The first kappa shape index (κ1) is 21.2. The van der Waals surface area contributed by atoms with Gasteiger partial charge in [-0.25, -0.2) is 8.42 Å². The zero-order valence-electron chi connectivity index (χ0n) is 15.4. The van der Waals surface area contributed by atoms with E-state index in [1.807, 2.05) is 0 Å². The lowest BCUT2D eigenvalue weighted by Gasteiger charge is -2.13. The number of benzene rings is 3. The van der Waals surface area contributed by atoms with E-state index in [0.29, 0.717) is 26.9 Å². The molecule has 0 saturated heterocycles. The summed E-state index contributed by atoms with van der Waals surface area (Å²) in [6.45, 7) is 1.98. The Kier molecular flexibility index (Phi) is 6.47. The van der Waals surface area contributed by atoms with Crippen LogP contribution in [0.15, 0.2) is 71.6 Å². The Morgan fingerprint density at radius 1 is 0.966 bits per heavy atom. The number of amides is 1. The molecule has 0 radical (unpaired) electrons. The summed E-state index contributed by atoms with van der Waals surface area (Å²) in [6.07, 6.45) is 0. The van der Waals surface area contributed by atoms with Crippen LogP contribution in [0, 0.1) is 6.92 Å². The van der Waals surface area contributed by atoms with Crippen molar-refractivity contribution < 1.29 is 13.2 Å². The van der Waals surface area contributed by atoms with E-state index in [4.69, 9.17) is 23.2 Å². The average Bonchev–Trinajstić information content (AvgIpc) is 2.69. The smallest absolute Gasteiger partial charge is 0.261 e. The molecular weight excluding hydrogens is 431 g/mol. The van der Waals surface area contributed by atoms with Crippen LogP contribution in [0.5, 0.6) is 0 Å². The molecule has 0 bridgehead atoms. The number of hydrogen-bond acceptors (Lipinski definition) is 3. The van der Waals surface area contributed by atoms with Gasteiger partial charge in [0.05, 0.1) is 10.6 Å². The number of rotatable bonds is 6. The summed E-state index contributed by atoms with van der Waals surface area (Å²) in [5.41, 5.74) is 2.08. The van der Waals surface area contributed by atoms with Gasteiger partial charge in [0.1, 0.15) is 0 Å². The largest absolute Gasteiger partial charge is 0.348 e. The summed E-state index contributed by atoms with van der Waals surface area (Å²) in [5, 5.41) is 3.74. The SMILES string of the molecule is Cc1ccc(C(=O)NCc2ccc(Cl)cc2Cl)cc1NS(=O)(=O)c1ccccc1. The molecule has 2 N–H and O–H groups in total. The molecule has 0 fully saturated rings. The van der Waals surface area contributed by atoms with Crippen LogP contribution < -0.4 is 10.0 Å². The van der Waals surface area contributed by atoms with Gasteiger partial charge in [-0.1, -0.05) is 53.5 Å². The van der Waals surface area contributed by atoms with Gasteiger partial charge in [0.2, 0.25) is 0 Å². The molecule has 3 aromatic carbocycles. The highest BCUT2D eigenvalue weighted by Gasteiger charge is 2.16. The maximum Gasteiger partial charge on any atom is 0.261 e. The summed E-state index contributed by atoms with van der Waals surface area (Å²) < 4.78 is 27.7. The fourth-order valence-electron chi connectivity index (χ4n) is 2.62. The third kappa shape index (κ3) is 5.29. The number of sulfonamides is 1. The fraction of sp³-hybridized carbons (Fsp3) is 0.0952. The number of aryl methyl sites for hydroxylation is 1. The Morgan fingerprint density at radius 3 is 2.38 bits per heavy atom. The molecule has 3 rings (SSSR count). The second-order valence-electron chi connectivity index (χ2n) is 6.37. The Balaban J connectivity index is 1.77. The van der Waals surface area contributed by atoms with Crippen molar-refractivity contribution in [3.05, 3.63) is 93.5 Å². The molecule has 0 aliphatic carbocycles. The van der Waals surface area contributed by atoms with Crippen LogP contribution in [-0.2, 0) is 16.6 Å². The maximum absolute atomic E-state index is 12.6. The van der Waals surface area contributed by atoms with E-state index in [2.05, 4.69) is 10.0 Å². The second kappa shape index (κ2) is 8.86. The molecule has 0 aliphatic heterocycles. The van der Waals surface area contributed by atoms with Crippen molar-refractivity contribution >= 4 is 44.8 Å². The Bertz CT molecular complexity index is 1150. The first-order valence-electron chi connectivity index (χ1n) is 8.67. The zero-order chi connectivity index (χ0) is 21.0. The number of hydrogen-bond donors (Lipinski definition) is 2. The number of nitrogens with one attached hydrogen (secondary N) is 2. The summed E-state index contributed by atoms with van der Waals surface area (Å²) in [7, 11) is -3.75. The number of anilines is 1. The van der Waals surface area contributed by atoms with Crippen LogP contribution in [-0.4, -0.2) is 14.3 Å². The van der Waals surface area contributed by atoms with E-state index in [-0.39, 0.29) is 17.3 Å². The first-order chi connectivity index (χ1) is 13.8. The molecule has 0 spiro atoms. The highest BCUT2D eigenvalue weighted by atomic mass is 35.5. The van der Waals surface area contributed by atoms with Gasteiger partial charge in [-0.05, 0) is 54.4 Å². The third-order valence-electron chi connectivity index (χ3n) is 4.25. The van der Waals surface area contributed by atoms with Gasteiger partial charge in [-0.2, -0.15) is 0 Å². The summed E-state index contributed by atoms with van der Waals surface area (Å²) in [5.74, 6) is -0.351. The summed E-state index contributed by atoms with van der Waals surface area (Å²) in [4.78, 5) is 12.7. The molecule has 0 aliphatic rings. The second-order valence-corrected chi connectivity index (χ2v) is 8.89. The van der Waals surface area contributed by atoms with E-state index in [1.165, 1.54) is 18.2 Å². The van der Waals surface area contributed by atoms with E-state index >= 15 is 0 Å². The minimum Gasteiger partial charge on any atom is -0.348 e. The number of carbonyl (C=O) groups excluding carboxylic acids is 1. The monoisotopic (exact) mass is 448 g/mol. The van der Waals surface area contributed by atoms with Gasteiger partial charge in [-0.15, -0.1) is 0 Å². The molecule has 0 saturated carbocycles. The van der Waals surface area contributed by atoms with Crippen molar-refractivity contribution in [2.45, 2.75) is 18.4 Å². The van der Waals surface area contributed by atoms with Crippen LogP contribution >= 0.6 is 23.2 Å². The lowest BCUT2D eigenvalue weighted by molar-refractivity contribution is 0.0951. The molecule has 150 valence electrons. The first-order valence-corrected chi connectivity index (χ1v) is 10.9. The summed E-state index contributed by atoms with van der Waals surface area (Å²) >= 11 is 12.0. The quantitative estimate of drug-likeness (QED) is 0.554. The molecule has 8 heteroatoms. The number of carbonyl (C=O) groups is 1. The van der Waals surface area contributed by atoms with Gasteiger partial charge < -0.3 is 5.32 Å². The van der Waals surface area contributed by atoms with E-state index in [1.54, 1.807) is 55.5 Å². The minimum absolute atomic E-state index is 0.145. The molecule has 0 heterocycles. The van der Waals surface area contributed by atoms with E-state index in [0.717, 1.165) is 5.56 Å². The Morgan fingerprint density at radius 2 is 1.69 bits per heavy atom. The van der Waals surface area contributed by atoms with Gasteiger partial charge in [0.15, 0.2) is 0 Å². The van der Waals surface area contributed by atoms with Crippen LogP contribution in [0.25, 0.3) is 0 Å². The van der Waals surface area contributed by atoms with E-state index < -0.39 is 10.0 Å². The van der Waals surface area contributed by atoms with Gasteiger partial charge >= 0.3 is 0 Å². The van der Waals surface area contributed by atoms with Gasteiger partial charge in [-0.3, -0.25) is 9.52 Å². The van der Waals surface area contributed by atoms with Gasteiger partial charge in [0, 0.05) is 22.2 Å². The fourth-order valence-corrected chi connectivity index (χ4v) is 4.24. The van der Waals surface area contributed by atoms with Crippen molar-refractivity contribution in [3.63, 3.8) is 0 Å². The molecule has 3 aromatic rings. The topological polar surface area (TPSA) is 75.3 Å². The zero-order valence-corrected chi connectivity index (χ0v) is 17.8. The van der Waals surface area contributed by atoms with Crippen LogP contribution in [0.3, 0.4) is 0 Å². The van der Waals surface area contributed by atoms with Crippen molar-refractivity contribution in [2.75, 3.05) is 4.72 Å². The molecule has 0 atom stereocenters. The lowest BCUT2D eigenvalue weighted by atomic mass is 10.1. The molecular formula is C21H18Cl2N2O3S. The Labute approximate surface area is 179 Å². The molecule has 29 heavy (non-hydrogen) atoms. The van der Waals surface area contributed by atoms with E-state index in [9.17, 15) is 13.2 Å². The highest BCUT2D eigenvalue weighted by molar-refractivity contribution is 7.92. The van der Waals surface area contributed by atoms with Gasteiger partial charge in [0.25, 0.3) is 15.9 Å². The van der Waals surface area contributed by atoms with Crippen molar-refractivity contribution in [3.8, 4) is 0 Å². The predicted octanol–water partition coefficient (Wildman–Crippen LogP) is 5.03. The average molecular weight is 449 g/mol. The van der Waals surface area contributed by atoms with Crippen molar-refractivity contribution in [1.29, 1.82) is 0 Å². The predicted molar refractivity (Wildman–Crippen MR) is 116 cm³/mol. The van der Waals surface area contributed by atoms with Crippen molar-refractivity contribution in [2.24, 2.45) is 0 Å². The Hall–Kier alpha value is -2.54. The number of halogens is 2.